The van der Waals surface area contributed by atoms with E-state index < -0.39 is 23.3 Å². The number of thiocarbonyl (C=S) groups is 1. The first kappa shape index (κ1) is 21.9. The first-order valence-electron chi connectivity index (χ1n) is 10.3. The van der Waals surface area contributed by atoms with Crippen LogP contribution in [0.3, 0.4) is 0 Å². The van der Waals surface area contributed by atoms with Crippen LogP contribution in [0.1, 0.15) is 43.2 Å². The summed E-state index contributed by atoms with van der Waals surface area (Å²) < 4.78 is 38.3. The molecule has 1 saturated carbocycles. The molecule has 9 heteroatoms. The van der Waals surface area contributed by atoms with E-state index in [1.165, 1.54) is 0 Å². The molecule has 3 nitrogen and oxygen atoms in total. The molecule has 0 saturated heterocycles. The van der Waals surface area contributed by atoms with Gasteiger partial charge in [-0.15, -0.1) is 0 Å². The van der Waals surface area contributed by atoms with Crippen molar-refractivity contribution in [1.82, 2.24) is 5.32 Å². The molecule has 1 heterocycles. The molecule has 0 amide bonds. The molecule has 1 aromatic rings. The Bertz CT molecular complexity index is 868. The van der Waals surface area contributed by atoms with Crippen molar-refractivity contribution in [2.45, 2.75) is 55.5 Å². The molecule has 2 aliphatic carbocycles. The number of benzene rings is 1. The number of fused-ring (bicyclic) bond motifs is 3. The zero-order valence-electron chi connectivity index (χ0n) is 16.8. The minimum atomic E-state index is -1.67. The zero-order valence-corrected chi connectivity index (χ0v) is 17.6. The van der Waals surface area contributed by atoms with Crippen LogP contribution >= 0.6 is 12.2 Å². The number of hydrogen-bond acceptors (Lipinski definition) is 3. The fraction of sp³-hybridized carbons (Fsp3) is 0.571. The summed E-state index contributed by atoms with van der Waals surface area (Å²) in [5.41, 5.74) is 1.06. The Hall–Kier alpha value is -1.34. The predicted octanol–water partition coefficient (Wildman–Crippen LogP) is 3.02. The van der Waals surface area contributed by atoms with Crippen molar-refractivity contribution in [2.24, 2.45) is 5.41 Å². The summed E-state index contributed by atoms with van der Waals surface area (Å²) in [5.74, 6) is 0.229. The van der Waals surface area contributed by atoms with Crippen molar-refractivity contribution in [3.63, 3.8) is 0 Å². The predicted molar refractivity (Wildman–Crippen MR) is 119 cm³/mol. The van der Waals surface area contributed by atoms with Gasteiger partial charge in [0.25, 0.3) is 0 Å². The van der Waals surface area contributed by atoms with E-state index in [2.05, 4.69) is 5.32 Å². The quantitative estimate of drug-likeness (QED) is 0.433. The van der Waals surface area contributed by atoms with Crippen molar-refractivity contribution in [2.75, 3.05) is 13.3 Å². The number of hydrogen-bond donors (Lipinski definition) is 1. The Kier molecular flexibility index (Phi) is 5.82. The Labute approximate surface area is 185 Å². The van der Waals surface area contributed by atoms with Crippen LogP contribution in [0.2, 0.25) is 0 Å². The van der Waals surface area contributed by atoms with Crippen molar-refractivity contribution in [1.29, 1.82) is 0 Å². The Morgan fingerprint density at radius 2 is 1.97 bits per heavy atom. The van der Waals surface area contributed by atoms with Crippen molar-refractivity contribution < 1.29 is 18.3 Å². The number of rotatable bonds is 6. The lowest BCUT2D eigenvalue weighted by Crippen LogP contribution is -2.53. The fourth-order valence-corrected chi connectivity index (χ4v) is 5.50. The molecule has 30 heavy (non-hydrogen) atoms. The van der Waals surface area contributed by atoms with Gasteiger partial charge in [-0.2, -0.15) is 0 Å². The highest BCUT2D eigenvalue weighted by Gasteiger charge is 2.60. The van der Waals surface area contributed by atoms with Gasteiger partial charge in [0.2, 0.25) is 0 Å². The van der Waals surface area contributed by atoms with Crippen LogP contribution in [0, 0.1) is 5.41 Å². The van der Waals surface area contributed by atoms with Crippen molar-refractivity contribution in [3.05, 3.63) is 41.2 Å². The summed E-state index contributed by atoms with van der Waals surface area (Å²) in [5, 5.41) is 1.62. The second kappa shape index (κ2) is 7.97. The van der Waals surface area contributed by atoms with Gasteiger partial charge in [-0.25, -0.2) is 4.39 Å². The molecule has 1 aromatic carbocycles. The normalized spacial score (nSPS) is 30.4. The van der Waals surface area contributed by atoms with Crippen LogP contribution in [-0.2, 0) is 16.7 Å². The maximum Gasteiger partial charge on any atom is 0.156 e. The average molecular weight is 423 g/mol. The van der Waals surface area contributed by atoms with Crippen molar-refractivity contribution in [3.8, 4) is 5.75 Å². The highest BCUT2D eigenvalue weighted by atomic mass is 32.1. The van der Waals surface area contributed by atoms with Crippen LogP contribution in [0.15, 0.2) is 30.1 Å². The highest BCUT2D eigenvalue weighted by molar-refractivity contribution is 7.80. The van der Waals surface area contributed by atoms with E-state index in [9.17, 15) is 8.78 Å². The van der Waals surface area contributed by atoms with E-state index >= 15 is 0 Å². The fourth-order valence-electron chi connectivity index (χ4n) is 5.28. The molecule has 1 aliphatic heterocycles. The molecule has 2 spiro atoms. The minimum Gasteiger partial charge on any atom is -0.493 e. The summed E-state index contributed by atoms with van der Waals surface area (Å²) in [4.78, 5) is 0.120. The van der Waals surface area contributed by atoms with Gasteiger partial charge >= 0.3 is 0 Å². The van der Waals surface area contributed by atoms with Gasteiger partial charge in [0.1, 0.15) is 10.7 Å². The van der Waals surface area contributed by atoms with Gasteiger partial charge in [0.15, 0.2) is 5.83 Å². The topological polar surface area (TPSA) is 30.5 Å². The van der Waals surface area contributed by atoms with Gasteiger partial charge in [0.05, 0.1) is 48.5 Å². The molecule has 1 atom stereocenters. The third kappa shape index (κ3) is 3.84. The molecule has 4 rings (SSSR count). The molecular weight excluding hydrogens is 401 g/mol. The maximum atomic E-state index is 14.6. The lowest BCUT2D eigenvalue weighted by atomic mass is 9.52. The summed E-state index contributed by atoms with van der Waals surface area (Å²) in [6.07, 6.45) is 5.50. The Balaban J connectivity index is 1.65. The summed E-state index contributed by atoms with van der Waals surface area (Å²) in [6, 6.07) is 5.83. The molecule has 0 bridgehead atoms. The van der Waals surface area contributed by atoms with Crippen LogP contribution < -0.4 is 10.1 Å². The molecule has 1 unspecified atom stereocenters. The van der Waals surface area contributed by atoms with E-state index in [0.29, 0.717) is 31.6 Å². The Morgan fingerprint density at radius 3 is 2.57 bits per heavy atom. The molecule has 1 N–H and O–H groups in total. The number of ether oxygens (including phenoxy) is 2. The highest BCUT2D eigenvalue weighted by Crippen LogP contribution is 2.60. The standard InChI is InChI=1S/C21H22B3F2NO2S/c22-21(23,24)29-14-4-6-19(7-5-14)11-13-2-3-15(28-9-1-8-25)10-16(13)20(19)12-17(26)18(30)27-20/h2-3,10,12,14H,1,4-9,11H2,(H,27,30). The van der Waals surface area contributed by atoms with Gasteiger partial charge < -0.3 is 14.8 Å². The number of halogens is 2. The summed E-state index contributed by atoms with van der Waals surface area (Å²) in [7, 11) is 16.8. The molecule has 152 valence electrons. The van der Waals surface area contributed by atoms with Gasteiger partial charge in [-0.05, 0) is 66.7 Å². The monoisotopic (exact) mass is 423 g/mol. The van der Waals surface area contributed by atoms with Crippen LogP contribution in [-0.4, -0.2) is 53.2 Å². The van der Waals surface area contributed by atoms with E-state index in [1.54, 1.807) is 6.08 Å². The van der Waals surface area contributed by atoms with Gasteiger partial charge in [0, 0.05) is 11.8 Å². The molecule has 3 aliphatic rings. The third-order valence-corrected chi connectivity index (χ3v) is 6.85. The zero-order chi connectivity index (χ0) is 21.6. The van der Waals surface area contributed by atoms with Gasteiger partial charge in [-0.3, -0.25) is 4.39 Å². The number of alkyl halides is 1. The average Bonchev–Trinajstić information content (AvgIpc) is 3.11. The Morgan fingerprint density at radius 1 is 1.23 bits per heavy atom. The second-order valence-electron chi connectivity index (χ2n) is 8.59. The van der Waals surface area contributed by atoms with Crippen LogP contribution in [0.25, 0.3) is 0 Å². The molecule has 6 radical (unpaired) electrons. The van der Waals surface area contributed by atoms with Crippen LogP contribution in [0.5, 0.6) is 5.75 Å². The van der Waals surface area contributed by atoms with Crippen LogP contribution in [0.4, 0.5) is 8.78 Å². The first-order valence-corrected chi connectivity index (χ1v) is 10.7. The minimum absolute atomic E-state index is 0.120. The molecule has 1 fully saturated rings. The summed E-state index contributed by atoms with van der Waals surface area (Å²) in [6.45, 7) is -0.137. The van der Waals surface area contributed by atoms with Gasteiger partial charge in [-0.1, -0.05) is 18.3 Å². The lowest BCUT2D eigenvalue weighted by molar-refractivity contribution is -0.0243. The van der Waals surface area contributed by atoms with Crippen molar-refractivity contribution >= 4 is 40.7 Å². The lowest BCUT2D eigenvalue weighted by Gasteiger charge is -2.48. The smallest absolute Gasteiger partial charge is 0.156 e. The SMILES string of the molecule is [B]C([B])([B])OC1CCC2(CC1)Cc1ccc(OCCCF)cc1C21C=C(F)C(=S)N1. The molecular formula is C21H22B3F2NO2S. The largest absolute Gasteiger partial charge is 0.493 e. The second-order valence-corrected chi connectivity index (χ2v) is 9.00. The van der Waals surface area contributed by atoms with E-state index in [-0.39, 0.29) is 16.5 Å². The first-order chi connectivity index (χ1) is 14.2. The van der Waals surface area contributed by atoms with E-state index in [4.69, 9.17) is 45.2 Å². The van der Waals surface area contributed by atoms with E-state index in [0.717, 1.165) is 30.4 Å². The maximum absolute atomic E-state index is 14.6. The number of nitrogens with one attached hydrogen (secondary N) is 1. The molecule has 0 aromatic heterocycles. The third-order valence-electron chi connectivity index (χ3n) is 6.55. The van der Waals surface area contributed by atoms with E-state index in [1.807, 2.05) is 18.2 Å². The summed E-state index contributed by atoms with van der Waals surface area (Å²) >= 11 is 5.24.